The summed E-state index contributed by atoms with van der Waals surface area (Å²) in [6.45, 7) is 18.3. The molecule has 0 aliphatic rings. The van der Waals surface area contributed by atoms with Crippen LogP contribution < -0.4 is 9.47 Å². The number of methoxy groups -OCH3 is 2. The summed E-state index contributed by atoms with van der Waals surface area (Å²) in [5.41, 5.74) is 3.79. The molecule has 0 saturated carbocycles. The third-order valence-corrected chi connectivity index (χ3v) is 11.0. The third-order valence-electron chi connectivity index (χ3n) is 6.54. The highest BCUT2D eigenvalue weighted by Gasteiger charge is 2.23. The summed E-state index contributed by atoms with van der Waals surface area (Å²) in [7, 11) is 3.14. The van der Waals surface area contributed by atoms with Crippen molar-refractivity contribution in [2.45, 2.75) is 13.8 Å². The predicted molar refractivity (Wildman–Crippen MR) is 178 cm³/mol. The maximum atomic E-state index is 9.14. The molecule has 0 unspecified atom stereocenters. The Labute approximate surface area is 266 Å². The average molecular weight is 649 g/mol. The number of aromatic nitrogens is 2. The maximum absolute atomic E-state index is 9.14. The second-order valence-corrected chi connectivity index (χ2v) is 13.2. The Hall–Kier alpha value is -5.22. The lowest BCUT2D eigenvalue weighted by Gasteiger charge is -2.05. The van der Waals surface area contributed by atoms with Crippen molar-refractivity contribution in [1.82, 2.24) is 9.97 Å². The fourth-order valence-corrected chi connectivity index (χ4v) is 9.11. The van der Waals surface area contributed by atoms with Crippen LogP contribution in [0.5, 0.6) is 11.5 Å². The molecule has 0 saturated heterocycles. The Morgan fingerprint density at radius 1 is 0.727 bits per heavy atom. The Morgan fingerprint density at radius 3 is 1.48 bits per heavy atom. The van der Waals surface area contributed by atoms with Gasteiger partial charge >= 0.3 is 11.7 Å². The number of thiophene rings is 2. The van der Waals surface area contributed by atoms with E-state index >= 15 is 0 Å². The van der Waals surface area contributed by atoms with Gasteiger partial charge in [-0.2, -0.15) is 0 Å². The van der Waals surface area contributed by atoms with Crippen molar-refractivity contribution >= 4 is 98.2 Å². The average Bonchev–Trinajstić information content (AvgIpc) is 3.83. The monoisotopic (exact) mass is 648 g/mol. The van der Waals surface area contributed by atoms with Crippen molar-refractivity contribution < 1.29 is 9.47 Å². The van der Waals surface area contributed by atoms with Gasteiger partial charge in [0.25, 0.3) is 0 Å². The van der Waals surface area contributed by atoms with E-state index in [0.717, 1.165) is 62.1 Å². The molecule has 6 rings (SSSR count). The van der Waals surface area contributed by atoms with Gasteiger partial charge in [0.2, 0.25) is 10.0 Å². The normalized spacial score (nSPS) is 11.8. The van der Waals surface area contributed by atoms with Gasteiger partial charge in [-0.15, -0.1) is 22.7 Å². The SMILES string of the molecule is [C-]#[N+]C(C#N)=Nc1cc(OC)c(-c2nc3c(C)cc4c(cc(C)c5nc(-c6sc(N=C(C#N)[N+]#[C-])cc6OC)sc54)c3s2)s1. The lowest BCUT2D eigenvalue weighted by Crippen LogP contribution is -1.84. The Kier molecular flexibility index (Phi) is 7.52. The van der Waals surface area contributed by atoms with Crippen LogP contribution in [-0.2, 0) is 0 Å². The minimum absolute atomic E-state index is 0.241. The summed E-state index contributed by atoms with van der Waals surface area (Å²) >= 11 is 5.75. The predicted octanol–water partition coefficient (Wildman–Crippen LogP) is 9.10. The number of aliphatic imine (C=N–C) groups is 2. The number of benzene rings is 2. The Bertz CT molecular complexity index is 2200. The minimum atomic E-state index is -0.241. The molecule has 14 heteroatoms. The highest BCUT2D eigenvalue weighted by atomic mass is 32.1. The molecule has 6 aromatic rings. The molecule has 2 aromatic carbocycles. The molecule has 10 nitrogen and oxygen atoms in total. The summed E-state index contributed by atoms with van der Waals surface area (Å²) in [5, 5.41) is 22.9. The molecule has 0 bridgehead atoms. The number of fused-ring (bicyclic) bond motifs is 5. The first kappa shape index (κ1) is 28.9. The van der Waals surface area contributed by atoms with Crippen LogP contribution in [0.25, 0.3) is 60.7 Å². The molecule has 4 aromatic heterocycles. The van der Waals surface area contributed by atoms with Crippen LogP contribution in [0.1, 0.15) is 11.1 Å². The van der Waals surface area contributed by atoms with Crippen molar-refractivity contribution in [1.29, 1.82) is 10.5 Å². The zero-order chi connectivity index (χ0) is 31.1. The molecule has 0 N–H and O–H groups in total. The van der Waals surface area contributed by atoms with E-state index in [1.807, 2.05) is 13.8 Å². The van der Waals surface area contributed by atoms with Gasteiger partial charge in [-0.3, -0.25) is 0 Å². The molecule has 4 heterocycles. The second-order valence-electron chi connectivity index (χ2n) is 9.16. The summed E-state index contributed by atoms with van der Waals surface area (Å²) in [6.07, 6.45) is 0. The first-order chi connectivity index (χ1) is 21.3. The molecule has 0 atom stereocenters. The molecule has 0 amide bonds. The number of thiazole rings is 2. The molecule has 44 heavy (non-hydrogen) atoms. The standard InChI is InChI=1S/C30H16N8O2S4/c1-13-7-15-16(25-23(13)37-29(43-25)27-17(39-5)9-21(41-27)35-19(11-31)33-3)8-14(2)24-26(15)44-30(38-24)28-18(40-6)10-22(42-28)36-20(12-32)34-4/h7-10H,1-2,5-6H3. The summed E-state index contributed by atoms with van der Waals surface area (Å²) < 4.78 is 13.3. The molecule has 0 fully saturated rings. The number of aryl methyl sites for hydroxylation is 2. The van der Waals surface area contributed by atoms with E-state index < -0.39 is 0 Å². The van der Waals surface area contributed by atoms with E-state index in [2.05, 4.69) is 31.8 Å². The van der Waals surface area contributed by atoms with Crippen LogP contribution in [0.3, 0.4) is 0 Å². The second kappa shape index (κ2) is 11.5. The van der Waals surface area contributed by atoms with Gasteiger partial charge in [0, 0.05) is 22.9 Å². The van der Waals surface area contributed by atoms with Gasteiger partial charge in [-0.25, -0.2) is 20.5 Å². The van der Waals surface area contributed by atoms with E-state index in [-0.39, 0.29) is 11.7 Å². The summed E-state index contributed by atoms with van der Waals surface area (Å²) in [4.78, 5) is 26.2. The molecular formula is C30H16N8O2S4. The molecular weight excluding hydrogens is 633 g/mol. The number of hydrogen-bond acceptors (Lipinski definition) is 12. The van der Waals surface area contributed by atoms with Gasteiger partial charge in [0.1, 0.15) is 43.4 Å². The summed E-state index contributed by atoms with van der Waals surface area (Å²) in [6, 6.07) is 11.3. The largest absolute Gasteiger partial charge is 0.495 e. The van der Waals surface area contributed by atoms with Crippen LogP contribution in [-0.4, -0.2) is 35.9 Å². The van der Waals surface area contributed by atoms with Crippen molar-refractivity contribution in [3.63, 3.8) is 0 Å². The van der Waals surface area contributed by atoms with E-state index in [4.69, 9.17) is 43.1 Å². The first-order valence-electron chi connectivity index (χ1n) is 12.5. The zero-order valence-electron chi connectivity index (χ0n) is 23.3. The van der Waals surface area contributed by atoms with Gasteiger partial charge in [-0.1, -0.05) is 45.8 Å². The van der Waals surface area contributed by atoms with Crippen LogP contribution >= 0.6 is 45.3 Å². The molecule has 0 aliphatic carbocycles. The van der Waals surface area contributed by atoms with Crippen molar-refractivity contribution in [2.24, 2.45) is 9.98 Å². The van der Waals surface area contributed by atoms with E-state index in [1.54, 1.807) is 61.2 Å². The van der Waals surface area contributed by atoms with Gasteiger partial charge in [0.15, 0.2) is 0 Å². The van der Waals surface area contributed by atoms with Crippen LogP contribution in [0.2, 0.25) is 0 Å². The van der Waals surface area contributed by atoms with Crippen LogP contribution in [0, 0.1) is 49.7 Å². The molecule has 212 valence electrons. The third kappa shape index (κ3) is 4.83. The zero-order valence-corrected chi connectivity index (χ0v) is 26.6. The van der Waals surface area contributed by atoms with E-state index in [1.165, 1.54) is 22.7 Å². The number of amidine groups is 2. The number of hydrogen-bond donors (Lipinski definition) is 0. The van der Waals surface area contributed by atoms with Crippen molar-refractivity contribution in [2.75, 3.05) is 14.2 Å². The molecule has 0 aliphatic heterocycles. The fourth-order valence-electron chi connectivity index (χ4n) is 4.63. The van der Waals surface area contributed by atoms with Crippen LogP contribution in [0.15, 0.2) is 34.3 Å². The first-order valence-corrected chi connectivity index (χ1v) is 15.8. The number of nitrogens with zero attached hydrogens (tertiary/aromatic N) is 8. The number of ether oxygens (including phenoxy) is 2. The molecule has 0 spiro atoms. The number of rotatable bonds is 6. The van der Waals surface area contributed by atoms with Gasteiger partial charge in [-0.05, 0) is 37.1 Å². The van der Waals surface area contributed by atoms with E-state index in [9.17, 15) is 0 Å². The van der Waals surface area contributed by atoms with Crippen LogP contribution in [0.4, 0.5) is 10.0 Å². The fraction of sp³-hybridized carbons (Fsp3) is 0.133. The van der Waals surface area contributed by atoms with Crippen molar-refractivity contribution in [3.8, 4) is 43.4 Å². The highest BCUT2D eigenvalue weighted by molar-refractivity contribution is 7.28. The van der Waals surface area contributed by atoms with E-state index in [0.29, 0.717) is 21.5 Å². The summed E-state index contributed by atoms with van der Waals surface area (Å²) in [5.74, 6) is 0.674. The lowest BCUT2D eigenvalue weighted by molar-refractivity contribution is 0.418. The quantitative estimate of drug-likeness (QED) is 0.101. The Balaban J connectivity index is 1.53. The van der Waals surface area contributed by atoms with Gasteiger partial charge < -0.3 is 19.2 Å². The minimum Gasteiger partial charge on any atom is -0.495 e. The lowest BCUT2D eigenvalue weighted by atomic mass is 10.0. The van der Waals surface area contributed by atoms with Crippen molar-refractivity contribution in [3.05, 3.63) is 58.2 Å². The topological polar surface area (TPSA) is 125 Å². The van der Waals surface area contributed by atoms with Gasteiger partial charge in [0.05, 0.1) is 34.7 Å². The highest BCUT2D eigenvalue weighted by Crippen LogP contribution is 2.49. The smallest absolute Gasteiger partial charge is 0.350 e. The Morgan fingerprint density at radius 2 is 1.14 bits per heavy atom. The maximum Gasteiger partial charge on any atom is 0.350 e. The number of nitriles is 2. The molecule has 0 radical (unpaired) electrons.